The van der Waals surface area contributed by atoms with E-state index in [0.29, 0.717) is 17.9 Å². The highest BCUT2D eigenvalue weighted by molar-refractivity contribution is 5.97. The molecule has 3 nitrogen and oxygen atoms in total. The first-order valence-corrected chi connectivity index (χ1v) is 5.82. The molecule has 0 spiro atoms. The summed E-state index contributed by atoms with van der Waals surface area (Å²) in [6.07, 6.45) is 2.22. The van der Waals surface area contributed by atoms with E-state index in [9.17, 15) is 9.18 Å². The molecule has 0 bridgehead atoms. The van der Waals surface area contributed by atoms with Gasteiger partial charge in [0, 0.05) is 11.5 Å². The van der Waals surface area contributed by atoms with Gasteiger partial charge in [-0.2, -0.15) is 0 Å². The van der Waals surface area contributed by atoms with Gasteiger partial charge in [0.25, 0.3) is 0 Å². The highest BCUT2D eigenvalue weighted by Crippen LogP contribution is 2.35. The number of benzene rings is 1. The van der Waals surface area contributed by atoms with E-state index in [1.54, 1.807) is 12.3 Å². The number of rotatable bonds is 0. The van der Waals surface area contributed by atoms with Gasteiger partial charge in [-0.25, -0.2) is 4.39 Å². The minimum Gasteiger partial charge on any atom is -0.464 e. The summed E-state index contributed by atoms with van der Waals surface area (Å²) in [5, 5.41) is 2.74. The molecule has 3 rings (SSSR count). The van der Waals surface area contributed by atoms with Crippen molar-refractivity contribution in [3.05, 3.63) is 41.9 Å². The number of hydrogen-bond acceptors (Lipinski definition) is 2. The first-order valence-electron chi connectivity index (χ1n) is 5.82. The minimum atomic E-state index is -0.379. The van der Waals surface area contributed by atoms with E-state index in [1.165, 1.54) is 12.1 Å². The van der Waals surface area contributed by atoms with Crippen LogP contribution in [0.4, 0.5) is 10.1 Å². The van der Waals surface area contributed by atoms with Crippen molar-refractivity contribution >= 4 is 11.6 Å². The monoisotopic (exact) mass is 245 g/mol. The highest BCUT2D eigenvalue weighted by atomic mass is 19.1. The normalized spacial score (nSPS) is 18.3. The molecule has 0 radical (unpaired) electrons. The lowest BCUT2D eigenvalue weighted by atomic mass is 9.95. The van der Waals surface area contributed by atoms with Crippen molar-refractivity contribution < 1.29 is 13.6 Å². The van der Waals surface area contributed by atoms with Gasteiger partial charge in [-0.3, -0.25) is 4.79 Å². The Labute approximate surface area is 104 Å². The maximum atomic E-state index is 13.3. The lowest BCUT2D eigenvalue weighted by Gasteiger charge is -2.18. The molecule has 4 heteroatoms. The van der Waals surface area contributed by atoms with Crippen molar-refractivity contribution in [1.29, 1.82) is 0 Å². The molecule has 1 atom stereocenters. The fraction of sp³-hybridized carbons (Fsp3) is 0.214. The summed E-state index contributed by atoms with van der Waals surface area (Å²) in [6.45, 7) is 1.84. The van der Waals surface area contributed by atoms with Gasteiger partial charge in [0.05, 0.1) is 12.0 Å². The van der Waals surface area contributed by atoms with Gasteiger partial charge in [-0.15, -0.1) is 0 Å². The fourth-order valence-corrected chi connectivity index (χ4v) is 2.23. The van der Waals surface area contributed by atoms with Gasteiger partial charge < -0.3 is 9.73 Å². The lowest BCUT2D eigenvalue weighted by Crippen LogP contribution is -2.24. The van der Waals surface area contributed by atoms with Crippen molar-refractivity contribution in [2.24, 2.45) is 5.92 Å². The van der Waals surface area contributed by atoms with Crippen LogP contribution >= 0.6 is 0 Å². The van der Waals surface area contributed by atoms with Gasteiger partial charge in [0.1, 0.15) is 11.6 Å². The van der Waals surface area contributed by atoms with Gasteiger partial charge in [-0.1, -0.05) is 6.92 Å². The predicted molar refractivity (Wildman–Crippen MR) is 65.6 cm³/mol. The molecular formula is C14H12FNO2. The number of carbonyl (C=O) groups is 1. The Kier molecular flexibility index (Phi) is 2.44. The predicted octanol–water partition coefficient (Wildman–Crippen LogP) is 3.22. The molecule has 0 saturated carbocycles. The second-order valence-electron chi connectivity index (χ2n) is 4.56. The number of halogens is 1. The van der Waals surface area contributed by atoms with Gasteiger partial charge in [0.15, 0.2) is 0 Å². The number of anilines is 1. The summed E-state index contributed by atoms with van der Waals surface area (Å²) in [6, 6.07) is 6.17. The molecule has 2 heterocycles. The molecule has 1 aliphatic heterocycles. The molecule has 92 valence electrons. The summed E-state index contributed by atoms with van der Waals surface area (Å²) in [7, 11) is 0. The van der Waals surface area contributed by atoms with Crippen LogP contribution in [-0.4, -0.2) is 5.91 Å². The van der Waals surface area contributed by atoms with Crippen LogP contribution in [-0.2, 0) is 11.2 Å². The van der Waals surface area contributed by atoms with Crippen LogP contribution in [0.5, 0.6) is 0 Å². The molecule has 1 unspecified atom stereocenters. The standard InChI is InChI=1S/C14H12FNO2/c1-8-6-9-4-5-18-13(9)11-3-2-10(15)7-12(11)16-14(8)17/h2-5,7-8H,6H2,1H3,(H,16,17). The molecule has 1 aliphatic rings. The Bertz CT molecular complexity index is 618. The fourth-order valence-electron chi connectivity index (χ4n) is 2.23. The lowest BCUT2D eigenvalue weighted by molar-refractivity contribution is -0.119. The smallest absolute Gasteiger partial charge is 0.227 e. The molecule has 1 aromatic heterocycles. The average molecular weight is 245 g/mol. The second-order valence-corrected chi connectivity index (χ2v) is 4.56. The topological polar surface area (TPSA) is 42.2 Å². The van der Waals surface area contributed by atoms with E-state index < -0.39 is 0 Å². The van der Waals surface area contributed by atoms with Crippen molar-refractivity contribution in [3.8, 4) is 11.3 Å². The van der Waals surface area contributed by atoms with E-state index in [0.717, 1.165) is 11.1 Å². The van der Waals surface area contributed by atoms with E-state index in [1.807, 2.05) is 13.0 Å². The van der Waals surface area contributed by atoms with Gasteiger partial charge in [-0.05, 0) is 36.2 Å². The summed E-state index contributed by atoms with van der Waals surface area (Å²) < 4.78 is 18.7. The molecule has 1 N–H and O–H groups in total. The van der Waals surface area contributed by atoms with Crippen molar-refractivity contribution in [2.45, 2.75) is 13.3 Å². The number of amides is 1. The maximum absolute atomic E-state index is 13.3. The second kappa shape index (κ2) is 3.98. The van der Waals surface area contributed by atoms with Gasteiger partial charge in [0.2, 0.25) is 5.91 Å². The zero-order valence-electron chi connectivity index (χ0n) is 9.87. The molecule has 2 aromatic rings. The van der Waals surface area contributed by atoms with Crippen LogP contribution in [0, 0.1) is 11.7 Å². The summed E-state index contributed by atoms with van der Waals surface area (Å²) >= 11 is 0. The maximum Gasteiger partial charge on any atom is 0.227 e. The van der Waals surface area contributed by atoms with Crippen LogP contribution < -0.4 is 5.32 Å². The molecule has 1 aromatic carbocycles. The van der Waals surface area contributed by atoms with Crippen LogP contribution in [0.15, 0.2) is 34.9 Å². The SMILES string of the molecule is CC1Cc2ccoc2-c2ccc(F)cc2NC1=O. The molecule has 0 fully saturated rings. The number of furan rings is 1. The zero-order chi connectivity index (χ0) is 12.7. The first kappa shape index (κ1) is 11.0. The number of fused-ring (bicyclic) bond motifs is 3. The van der Waals surface area contributed by atoms with Crippen LogP contribution in [0.25, 0.3) is 11.3 Å². The third-order valence-electron chi connectivity index (χ3n) is 3.20. The Morgan fingerprint density at radius 3 is 3.06 bits per heavy atom. The molecule has 1 amide bonds. The van der Waals surface area contributed by atoms with Crippen LogP contribution in [0.3, 0.4) is 0 Å². The largest absolute Gasteiger partial charge is 0.464 e. The first-order chi connectivity index (χ1) is 8.65. The number of carbonyl (C=O) groups excluding carboxylic acids is 1. The van der Waals surface area contributed by atoms with E-state index >= 15 is 0 Å². The van der Waals surface area contributed by atoms with Gasteiger partial charge >= 0.3 is 0 Å². The Hall–Kier alpha value is -2.10. The van der Waals surface area contributed by atoms with E-state index in [-0.39, 0.29) is 17.6 Å². The number of hydrogen-bond donors (Lipinski definition) is 1. The summed E-state index contributed by atoms with van der Waals surface area (Å²) in [5.74, 6) is 0.0544. The Balaban J connectivity index is 2.22. The quantitative estimate of drug-likeness (QED) is 0.774. The zero-order valence-corrected chi connectivity index (χ0v) is 9.87. The summed E-state index contributed by atoms with van der Waals surface area (Å²) in [4.78, 5) is 11.9. The molecule has 0 aliphatic carbocycles. The molecule has 0 saturated heterocycles. The van der Waals surface area contributed by atoms with Crippen LogP contribution in [0.2, 0.25) is 0 Å². The Morgan fingerprint density at radius 1 is 1.39 bits per heavy atom. The molecular weight excluding hydrogens is 233 g/mol. The van der Waals surface area contributed by atoms with E-state index in [2.05, 4.69) is 5.32 Å². The average Bonchev–Trinajstić information content (AvgIpc) is 2.75. The minimum absolute atomic E-state index is 0.103. The van der Waals surface area contributed by atoms with Crippen LogP contribution in [0.1, 0.15) is 12.5 Å². The van der Waals surface area contributed by atoms with E-state index in [4.69, 9.17) is 4.42 Å². The highest BCUT2D eigenvalue weighted by Gasteiger charge is 2.24. The number of nitrogens with one attached hydrogen (secondary N) is 1. The van der Waals surface area contributed by atoms with Crippen molar-refractivity contribution in [3.63, 3.8) is 0 Å². The summed E-state index contributed by atoms with van der Waals surface area (Å²) in [5.41, 5.74) is 2.16. The van der Waals surface area contributed by atoms with Crippen molar-refractivity contribution in [1.82, 2.24) is 0 Å². The third kappa shape index (κ3) is 1.70. The Morgan fingerprint density at radius 2 is 2.22 bits per heavy atom. The third-order valence-corrected chi connectivity index (χ3v) is 3.20. The van der Waals surface area contributed by atoms with Crippen molar-refractivity contribution in [2.75, 3.05) is 5.32 Å². The molecule has 18 heavy (non-hydrogen) atoms.